The van der Waals surface area contributed by atoms with E-state index in [9.17, 15) is 19.7 Å². The second kappa shape index (κ2) is 11.0. The Hall–Kier alpha value is -2.64. The highest BCUT2D eigenvalue weighted by atomic mass is 16.6. The molecule has 1 aromatic rings. The molecule has 3 N–H and O–H groups in total. The van der Waals surface area contributed by atoms with Gasteiger partial charge in [-0.1, -0.05) is 18.6 Å². The minimum atomic E-state index is -0.443. The summed E-state index contributed by atoms with van der Waals surface area (Å²) in [7, 11) is 0. The molecular formula is C16H24N4O4. The van der Waals surface area contributed by atoms with E-state index in [1.54, 1.807) is 18.2 Å². The van der Waals surface area contributed by atoms with Gasteiger partial charge in [0.2, 0.25) is 11.8 Å². The number of carbonyl (C=O) groups is 2. The Morgan fingerprint density at radius 1 is 1.04 bits per heavy atom. The minimum absolute atomic E-state index is 0.0167. The average Bonchev–Trinajstić information content (AvgIpc) is 2.54. The lowest BCUT2D eigenvalue weighted by Gasteiger charge is -2.08. The number of anilines is 1. The van der Waals surface area contributed by atoms with E-state index < -0.39 is 4.92 Å². The summed E-state index contributed by atoms with van der Waals surface area (Å²) in [6.07, 6.45) is 2.93. The predicted molar refractivity (Wildman–Crippen MR) is 91.7 cm³/mol. The first-order chi connectivity index (χ1) is 11.5. The molecule has 0 spiro atoms. The van der Waals surface area contributed by atoms with E-state index in [0.29, 0.717) is 31.7 Å². The first-order valence-corrected chi connectivity index (χ1v) is 7.99. The lowest BCUT2D eigenvalue weighted by atomic mass is 10.2. The molecule has 0 aliphatic rings. The standard InChI is InChI=1S/C16H24N4O4/c1-13(21)17-10-6-2-3-9-16(22)19-12-11-18-14-7-4-5-8-15(14)20(23)24/h4-5,7-8,18H,2-3,6,9-12H2,1H3,(H,17,21)(H,19,22). The van der Waals surface area contributed by atoms with E-state index in [4.69, 9.17) is 0 Å². The number of nitro benzene ring substituents is 1. The monoisotopic (exact) mass is 336 g/mol. The van der Waals surface area contributed by atoms with Crippen LogP contribution in [0, 0.1) is 10.1 Å². The molecule has 24 heavy (non-hydrogen) atoms. The summed E-state index contributed by atoms with van der Waals surface area (Å²) in [6, 6.07) is 6.39. The lowest BCUT2D eigenvalue weighted by Crippen LogP contribution is -2.28. The van der Waals surface area contributed by atoms with Crippen LogP contribution in [-0.4, -0.2) is 36.4 Å². The van der Waals surface area contributed by atoms with Gasteiger partial charge < -0.3 is 16.0 Å². The van der Waals surface area contributed by atoms with Gasteiger partial charge >= 0.3 is 0 Å². The number of benzene rings is 1. The van der Waals surface area contributed by atoms with Crippen molar-refractivity contribution in [1.82, 2.24) is 10.6 Å². The Bertz CT molecular complexity index is 563. The van der Waals surface area contributed by atoms with Gasteiger partial charge in [0.1, 0.15) is 5.69 Å². The molecule has 0 unspecified atom stereocenters. The summed E-state index contributed by atoms with van der Waals surface area (Å²) in [5.41, 5.74) is 0.456. The molecule has 0 aliphatic heterocycles. The third-order valence-corrected chi connectivity index (χ3v) is 3.32. The highest BCUT2D eigenvalue weighted by molar-refractivity contribution is 5.75. The van der Waals surface area contributed by atoms with Crippen LogP contribution in [0.3, 0.4) is 0 Å². The fourth-order valence-corrected chi connectivity index (χ4v) is 2.12. The molecule has 0 radical (unpaired) electrons. The van der Waals surface area contributed by atoms with Crippen LogP contribution in [0.5, 0.6) is 0 Å². The molecular weight excluding hydrogens is 312 g/mol. The molecule has 0 heterocycles. The fourth-order valence-electron chi connectivity index (χ4n) is 2.12. The molecule has 0 saturated carbocycles. The Morgan fingerprint density at radius 3 is 2.50 bits per heavy atom. The van der Waals surface area contributed by atoms with E-state index in [1.165, 1.54) is 13.0 Å². The second-order valence-corrected chi connectivity index (χ2v) is 5.34. The van der Waals surface area contributed by atoms with Crippen molar-refractivity contribution in [3.63, 3.8) is 0 Å². The van der Waals surface area contributed by atoms with E-state index in [-0.39, 0.29) is 17.5 Å². The fraction of sp³-hybridized carbons (Fsp3) is 0.500. The summed E-state index contributed by atoms with van der Waals surface area (Å²) < 4.78 is 0. The summed E-state index contributed by atoms with van der Waals surface area (Å²) in [6.45, 7) is 2.93. The topological polar surface area (TPSA) is 113 Å². The Labute approximate surface area is 141 Å². The zero-order valence-corrected chi connectivity index (χ0v) is 13.8. The SMILES string of the molecule is CC(=O)NCCCCCC(=O)NCCNc1ccccc1[N+](=O)[O-]. The van der Waals surface area contributed by atoms with Crippen molar-refractivity contribution in [3.05, 3.63) is 34.4 Å². The smallest absolute Gasteiger partial charge is 0.292 e. The van der Waals surface area contributed by atoms with Gasteiger partial charge in [-0.25, -0.2) is 0 Å². The van der Waals surface area contributed by atoms with Crippen LogP contribution < -0.4 is 16.0 Å². The first kappa shape index (κ1) is 19.4. The third kappa shape index (κ3) is 8.11. The zero-order chi connectivity index (χ0) is 17.8. The molecule has 2 amide bonds. The number of amides is 2. The quantitative estimate of drug-likeness (QED) is 0.324. The van der Waals surface area contributed by atoms with Gasteiger partial charge in [-0.2, -0.15) is 0 Å². The van der Waals surface area contributed by atoms with Crippen LogP contribution in [0.15, 0.2) is 24.3 Å². The second-order valence-electron chi connectivity index (χ2n) is 5.34. The molecule has 0 fully saturated rings. The van der Waals surface area contributed by atoms with E-state index in [2.05, 4.69) is 16.0 Å². The van der Waals surface area contributed by atoms with Crippen LogP contribution in [0.1, 0.15) is 32.6 Å². The molecule has 0 aromatic heterocycles. The van der Waals surface area contributed by atoms with Crippen molar-refractivity contribution in [1.29, 1.82) is 0 Å². The number of nitrogens with zero attached hydrogens (tertiary/aromatic N) is 1. The number of hydrogen-bond acceptors (Lipinski definition) is 5. The number of nitro groups is 1. The molecule has 8 heteroatoms. The van der Waals surface area contributed by atoms with Crippen molar-refractivity contribution in [2.45, 2.75) is 32.6 Å². The van der Waals surface area contributed by atoms with Gasteiger partial charge in [-0.3, -0.25) is 19.7 Å². The van der Waals surface area contributed by atoms with Gasteiger partial charge in [0, 0.05) is 39.0 Å². The van der Waals surface area contributed by atoms with E-state index in [0.717, 1.165) is 19.3 Å². The summed E-state index contributed by atoms with van der Waals surface area (Å²) >= 11 is 0. The Balaban J connectivity index is 2.12. The molecule has 8 nitrogen and oxygen atoms in total. The summed E-state index contributed by atoms with van der Waals surface area (Å²) in [5.74, 6) is -0.0854. The summed E-state index contributed by atoms with van der Waals surface area (Å²) in [4.78, 5) is 32.8. The van der Waals surface area contributed by atoms with Crippen LogP contribution in [-0.2, 0) is 9.59 Å². The number of unbranched alkanes of at least 4 members (excludes halogenated alkanes) is 2. The van der Waals surface area contributed by atoms with E-state index in [1.807, 2.05) is 0 Å². The van der Waals surface area contributed by atoms with Gasteiger partial charge in [0.05, 0.1) is 4.92 Å². The largest absolute Gasteiger partial charge is 0.378 e. The number of para-hydroxylation sites is 2. The average molecular weight is 336 g/mol. The Morgan fingerprint density at radius 2 is 1.79 bits per heavy atom. The molecule has 0 aliphatic carbocycles. The highest BCUT2D eigenvalue weighted by Gasteiger charge is 2.11. The molecule has 1 aromatic carbocycles. The molecule has 0 saturated heterocycles. The van der Waals surface area contributed by atoms with Crippen molar-refractivity contribution in [3.8, 4) is 0 Å². The zero-order valence-electron chi connectivity index (χ0n) is 13.8. The van der Waals surface area contributed by atoms with Crippen molar-refractivity contribution < 1.29 is 14.5 Å². The van der Waals surface area contributed by atoms with Crippen molar-refractivity contribution in [2.75, 3.05) is 25.0 Å². The summed E-state index contributed by atoms with van der Waals surface area (Å²) in [5, 5.41) is 19.3. The van der Waals surface area contributed by atoms with Gasteiger partial charge in [-0.15, -0.1) is 0 Å². The molecule has 1 rings (SSSR count). The van der Waals surface area contributed by atoms with Crippen LogP contribution in [0.25, 0.3) is 0 Å². The number of carbonyl (C=O) groups excluding carboxylic acids is 2. The van der Waals surface area contributed by atoms with Crippen LogP contribution in [0.4, 0.5) is 11.4 Å². The molecule has 0 bridgehead atoms. The maximum Gasteiger partial charge on any atom is 0.292 e. The van der Waals surface area contributed by atoms with Crippen LogP contribution in [0.2, 0.25) is 0 Å². The molecule has 132 valence electrons. The highest BCUT2D eigenvalue weighted by Crippen LogP contribution is 2.22. The Kier molecular flexibility index (Phi) is 8.88. The van der Waals surface area contributed by atoms with Gasteiger partial charge in [0.25, 0.3) is 5.69 Å². The first-order valence-electron chi connectivity index (χ1n) is 7.99. The van der Waals surface area contributed by atoms with Crippen molar-refractivity contribution >= 4 is 23.2 Å². The number of rotatable bonds is 11. The predicted octanol–water partition coefficient (Wildman–Crippen LogP) is 1.82. The van der Waals surface area contributed by atoms with Crippen LogP contribution >= 0.6 is 0 Å². The minimum Gasteiger partial charge on any atom is -0.378 e. The lowest BCUT2D eigenvalue weighted by molar-refractivity contribution is -0.384. The van der Waals surface area contributed by atoms with E-state index >= 15 is 0 Å². The normalized spacial score (nSPS) is 10.0. The third-order valence-electron chi connectivity index (χ3n) is 3.32. The number of hydrogen-bond donors (Lipinski definition) is 3. The number of nitrogens with one attached hydrogen (secondary N) is 3. The molecule has 0 atom stereocenters. The van der Waals surface area contributed by atoms with Gasteiger partial charge in [-0.05, 0) is 18.9 Å². The maximum absolute atomic E-state index is 11.7. The van der Waals surface area contributed by atoms with Crippen molar-refractivity contribution in [2.24, 2.45) is 0 Å². The van der Waals surface area contributed by atoms with Gasteiger partial charge in [0.15, 0.2) is 0 Å². The maximum atomic E-state index is 11.7.